The molecule has 0 saturated heterocycles. The topological polar surface area (TPSA) is 46.2 Å². The Morgan fingerprint density at radius 2 is 1.31 bits per heavy atom. The lowest BCUT2D eigenvalue weighted by Crippen LogP contribution is -2.26. The van der Waals surface area contributed by atoms with Crippen LogP contribution < -0.4 is 4.72 Å². The van der Waals surface area contributed by atoms with Crippen LogP contribution in [0.2, 0.25) is 0 Å². The van der Waals surface area contributed by atoms with Crippen LogP contribution in [-0.4, -0.2) is 8.42 Å². The molecular weight excluding hydrogens is 342 g/mol. The fourth-order valence-corrected chi connectivity index (χ4v) is 4.76. The highest BCUT2D eigenvalue weighted by atomic mass is 32.2. The molecule has 0 saturated carbocycles. The minimum absolute atomic E-state index is 0.134. The quantitative estimate of drug-likeness (QED) is 0.693. The molecule has 1 N–H and O–H groups in total. The molecule has 0 amide bonds. The summed E-state index contributed by atoms with van der Waals surface area (Å²) in [4.78, 5) is 0.461. The van der Waals surface area contributed by atoms with E-state index in [9.17, 15) is 8.42 Å². The van der Waals surface area contributed by atoms with Crippen molar-refractivity contribution in [2.24, 2.45) is 0 Å². The molecule has 0 heterocycles. The molecule has 4 heteroatoms. The largest absolute Gasteiger partial charge is 0.241 e. The molecule has 26 heavy (non-hydrogen) atoms. The van der Waals surface area contributed by atoms with Gasteiger partial charge in [0.25, 0.3) is 0 Å². The lowest BCUT2D eigenvalue weighted by atomic mass is 9.89. The van der Waals surface area contributed by atoms with Crippen molar-refractivity contribution in [1.29, 1.82) is 0 Å². The van der Waals surface area contributed by atoms with E-state index >= 15 is 0 Å². The SMILES string of the molecule is CC(C)c1cc(C(C)C)c(S(=O)(=O)NCc2ccccc2)c(C(C)C)c1. The van der Waals surface area contributed by atoms with Crippen molar-refractivity contribution in [1.82, 2.24) is 4.72 Å². The third kappa shape index (κ3) is 4.74. The zero-order valence-corrected chi connectivity index (χ0v) is 17.5. The van der Waals surface area contributed by atoms with Gasteiger partial charge >= 0.3 is 0 Å². The van der Waals surface area contributed by atoms with Crippen LogP contribution in [0.15, 0.2) is 47.4 Å². The summed E-state index contributed by atoms with van der Waals surface area (Å²) in [6.07, 6.45) is 0. The lowest BCUT2D eigenvalue weighted by Gasteiger charge is -2.23. The molecule has 0 radical (unpaired) electrons. The predicted octanol–water partition coefficient (Wildman–Crippen LogP) is 5.54. The van der Waals surface area contributed by atoms with Gasteiger partial charge in [0.15, 0.2) is 0 Å². The molecule has 0 spiro atoms. The second kappa shape index (κ2) is 8.36. The van der Waals surface area contributed by atoms with Crippen molar-refractivity contribution in [3.63, 3.8) is 0 Å². The summed E-state index contributed by atoms with van der Waals surface area (Å²) < 4.78 is 29.3. The second-order valence-electron chi connectivity index (χ2n) is 7.80. The molecule has 0 aromatic heterocycles. The summed E-state index contributed by atoms with van der Waals surface area (Å²) in [5.41, 5.74) is 3.95. The summed E-state index contributed by atoms with van der Waals surface area (Å²) in [5.74, 6) is 0.628. The van der Waals surface area contributed by atoms with Crippen LogP contribution in [0.3, 0.4) is 0 Å². The van der Waals surface area contributed by atoms with E-state index in [-0.39, 0.29) is 11.8 Å². The van der Waals surface area contributed by atoms with Crippen LogP contribution in [0.25, 0.3) is 0 Å². The van der Waals surface area contributed by atoms with Crippen molar-refractivity contribution in [3.8, 4) is 0 Å². The van der Waals surface area contributed by atoms with E-state index in [0.717, 1.165) is 16.7 Å². The van der Waals surface area contributed by atoms with E-state index in [0.29, 0.717) is 17.4 Å². The van der Waals surface area contributed by atoms with Gasteiger partial charge in [-0.2, -0.15) is 0 Å². The van der Waals surface area contributed by atoms with Crippen molar-refractivity contribution in [2.75, 3.05) is 0 Å². The number of hydrogen-bond donors (Lipinski definition) is 1. The van der Waals surface area contributed by atoms with Crippen LogP contribution in [-0.2, 0) is 16.6 Å². The highest BCUT2D eigenvalue weighted by molar-refractivity contribution is 7.89. The van der Waals surface area contributed by atoms with E-state index in [1.807, 2.05) is 30.3 Å². The molecule has 2 rings (SSSR count). The molecule has 0 aliphatic heterocycles. The number of rotatable bonds is 7. The van der Waals surface area contributed by atoms with E-state index in [2.05, 4.69) is 58.4 Å². The molecule has 2 aromatic rings. The molecule has 0 aliphatic carbocycles. The zero-order valence-electron chi connectivity index (χ0n) is 16.7. The zero-order chi connectivity index (χ0) is 19.5. The van der Waals surface area contributed by atoms with Crippen molar-refractivity contribution >= 4 is 10.0 Å². The van der Waals surface area contributed by atoms with Gasteiger partial charge < -0.3 is 0 Å². The Labute approximate surface area is 158 Å². The van der Waals surface area contributed by atoms with E-state index in [4.69, 9.17) is 0 Å². The highest BCUT2D eigenvalue weighted by Crippen LogP contribution is 2.35. The number of benzene rings is 2. The fourth-order valence-electron chi connectivity index (χ4n) is 3.05. The third-order valence-corrected chi connectivity index (χ3v) is 6.19. The Morgan fingerprint density at radius 1 is 0.808 bits per heavy atom. The molecule has 0 atom stereocenters. The average molecular weight is 374 g/mol. The summed E-state index contributed by atoms with van der Waals surface area (Å²) in [6.45, 7) is 12.8. The second-order valence-corrected chi connectivity index (χ2v) is 9.51. The number of sulfonamides is 1. The van der Waals surface area contributed by atoms with Crippen LogP contribution in [0.1, 0.15) is 81.5 Å². The van der Waals surface area contributed by atoms with Crippen molar-refractivity contribution in [2.45, 2.75) is 70.7 Å². The van der Waals surface area contributed by atoms with Crippen LogP contribution in [0.5, 0.6) is 0 Å². The van der Waals surface area contributed by atoms with Gasteiger partial charge in [-0.25, -0.2) is 13.1 Å². The average Bonchev–Trinajstić information content (AvgIpc) is 2.59. The monoisotopic (exact) mass is 373 g/mol. The lowest BCUT2D eigenvalue weighted by molar-refractivity contribution is 0.575. The van der Waals surface area contributed by atoms with Gasteiger partial charge in [0.05, 0.1) is 4.90 Å². The van der Waals surface area contributed by atoms with E-state index in [1.54, 1.807) is 0 Å². The first-order valence-corrected chi connectivity index (χ1v) is 10.8. The number of hydrogen-bond acceptors (Lipinski definition) is 2. The maximum atomic E-state index is 13.2. The molecule has 0 fully saturated rings. The van der Waals surface area contributed by atoms with Gasteiger partial charge in [0.1, 0.15) is 0 Å². The van der Waals surface area contributed by atoms with E-state index < -0.39 is 10.0 Å². The molecule has 3 nitrogen and oxygen atoms in total. The van der Waals surface area contributed by atoms with Gasteiger partial charge in [-0.05, 0) is 40.0 Å². The minimum atomic E-state index is -3.60. The Hall–Kier alpha value is -1.65. The van der Waals surface area contributed by atoms with Gasteiger partial charge in [-0.15, -0.1) is 0 Å². The van der Waals surface area contributed by atoms with Crippen molar-refractivity contribution in [3.05, 3.63) is 64.7 Å². The smallest absolute Gasteiger partial charge is 0.207 e. The van der Waals surface area contributed by atoms with Crippen LogP contribution >= 0.6 is 0 Å². The highest BCUT2D eigenvalue weighted by Gasteiger charge is 2.26. The third-order valence-electron chi connectivity index (χ3n) is 4.66. The first kappa shape index (κ1) is 20.7. The first-order chi connectivity index (χ1) is 12.1. The molecule has 2 aromatic carbocycles. The molecule has 0 aliphatic rings. The van der Waals surface area contributed by atoms with Crippen LogP contribution in [0, 0.1) is 0 Å². The Balaban J connectivity index is 2.54. The standard InChI is InChI=1S/C22H31NO2S/c1-15(2)19-12-20(16(3)4)22(21(13-19)17(5)6)26(24,25)23-14-18-10-8-7-9-11-18/h7-13,15-17,23H,14H2,1-6H3. The Bertz CT molecular complexity index is 809. The Morgan fingerprint density at radius 3 is 1.73 bits per heavy atom. The molecule has 0 bridgehead atoms. The van der Waals surface area contributed by atoms with Gasteiger partial charge in [-0.1, -0.05) is 84.0 Å². The Kier molecular flexibility index (Phi) is 6.64. The maximum absolute atomic E-state index is 13.2. The van der Waals surface area contributed by atoms with Crippen LogP contribution in [0.4, 0.5) is 0 Å². The van der Waals surface area contributed by atoms with Gasteiger partial charge in [-0.3, -0.25) is 0 Å². The predicted molar refractivity (Wildman–Crippen MR) is 109 cm³/mol. The molecular formula is C22H31NO2S. The molecule has 0 unspecified atom stereocenters. The number of nitrogens with one attached hydrogen (secondary N) is 1. The maximum Gasteiger partial charge on any atom is 0.241 e. The van der Waals surface area contributed by atoms with Crippen molar-refractivity contribution < 1.29 is 8.42 Å². The van der Waals surface area contributed by atoms with Gasteiger partial charge in [0.2, 0.25) is 10.0 Å². The fraction of sp³-hybridized carbons (Fsp3) is 0.455. The van der Waals surface area contributed by atoms with E-state index in [1.165, 1.54) is 5.56 Å². The van der Waals surface area contributed by atoms with Gasteiger partial charge in [0, 0.05) is 6.54 Å². The summed E-state index contributed by atoms with van der Waals surface area (Å²) in [7, 11) is -3.60. The summed E-state index contributed by atoms with van der Waals surface area (Å²) in [5, 5.41) is 0. The first-order valence-electron chi connectivity index (χ1n) is 9.34. The summed E-state index contributed by atoms with van der Waals surface area (Å²) >= 11 is 0. The normalized spacial score (nSPS) is 12.3. The minimum Gasteiger partial charge on any atom is -0.207 e. The molecule has 142 valence electrons. The summed E-state index contributed by atoms with van der Waals surface area (Å²) in [6, 6.07) is 13.8.